The second-order valence-corrected chi connectivity index (χ2v) is 7.24. The van der Waals surface area contributed by atoms with E-state index in [4.69, 9.17) is 0 Å². The molecule has 0 aliphatic rings. The number of carbonyl (C=O) groups is 2. The maximum absolute atomic E-state index is 13.1. The van der Waals surface area contributed by atoms with Crippen LogP contribution in [-0.4, -0.2) is 31.6 Å². The molecular weight excluding hydrogens is 395 g/mol. The molecule has 2 amide bonds. The molecule has 2 N–H and O–H groups in total. The summed E-state index contributed by atoms with van der Waals surface area (Å²) in [5, 5.41) is 10.00. The molecule has 4 rings (SSSR count). The maximum Gasteiger partial charge on any atom is 0.297 e. The summed E-state index contributed by atoms with van der Waals surface area (Å²) >= 11 is 1.27. The van der Waals surface area contributed by atoms with E-state index in [9.17, 15) is 14.0 Å². The highest BCUT2D eigenvalue weighted by molar-refractivity contribution is 7.22. The molecule has 0 fully saturated rings. The van der Waals surface area contributed by atoms with E-state index in [2.05, 4.69) is 25.7 Å². The first kappa shape index (κ1) is 18.7. The van der Waals surface area contributed by atoms with Crippen molar-refractivity contribution in [3.8, 4) is 5.69 Å². The number of nitrogens with zero attached hydrogens (tertiary/aromatic N) is 4. The number of amides is 2. The van der Waals surface area contributed by atoms with Gasteiger partial charge in [-0.25, -0.2) is 19.0 Å². The van der Waals surface area contributed by atoms with Gasteiger partial charge in [-0.1, -0.05) is 11.3 Å². The Bertz CT molecular complexity index is 1230. The van der Waals surface area contributed by atoms with Crippen molar-refractivity contribution in [3.05, 3.63) is 59.9 Å². The summed E-state index contributed by atoms with van der Waals surface area (Å²) in [6.45, 7) is 3.14. The van der Waals surface area contributed by atoms with Crippen molar-refractivity contribution in [3.63, 3.8) is 0 Å². The number of hydrogen-bond donors (Lipinski definition) is 2. The van der Waals surface area contributed by atoms with Crippen molar-refractivity contribution >= 4 is 44.2 Å². The standard InChI is InChI=1S/C19H15FN6O2S/c1-10-21-17(25-26(10)14-6-3-12(20)4-7-14)18(28)24-19-23-15-8-5-13(22-11(2)27)9-16(15)29-19/h3-9H,1-2H3,(H,22,27)(H,23,24,28). The SMILES string of the molecule is CC(=O)Nc1ccc2nc(NC(=O)c3nc(C)n(-c4ccc(F)cc4)n3)sc2c1. The smallest absolute Gasteiger partial charge is 0.297 e. The van der Waals surface area contributed by atoms with E-state index in [1.807, 2.05) is 0 Å². The number of hydrogen-bond acceptors (Lipinski definition) is 6. The number of anilines is 2. The van der Waals surface area contributed by atoms with Gasteiger partial charge in [-0.3, -0.25) is 14.9 Å². The summed E-state index contributed by atoms with van der Waals surface area (Å²) in [4.78, 5) is 32.3. The molecule has 146 valence electrons. The number of aromatic nitrogens is 4. The minimum atomic E-state index is -0.505. The average molecular weight is 410 g/mol. The van der Waals surface area contributed by atoms with Crippen LogP contribution in [0, 0.1) is 12.7 Å². The Morgan fingerprint density at radius 1 is 1.07 bits per heavy atom. The summed E-state index contributed by atoms with van der Waals surface area (Å²) in [6.07, 6.45) is 0. The van der Waals surface area contributed by atoms with Crippen LogP contribution in [0.4, 0.5) is 15.2 Å². The highest BCUT2D eigenvalue weighted by Gasteiger charge is 2.17. The molecule has 2 heterocycles. The number of halogens is 1. The molecule has 0 atom stereocenters. The molecule has 10 heteroatoms. The van der Waals surface area contributed by atoms with Crippen LogP contribution in [0.15, 0.2) is 42.5 Å². The van der Waals surface area contributed by atoms with Gasteiger partial charge < -0.3 is 5.32 Å². The summed E-state index contributed by atoms with van der Waals surface area (Å²) in [6, 6.07) is 11.0. The lowest BCUT2D eigenvalue weighted by Crippen LogP contribution is -2.14. The average Bonchev–Trinajstić information content (AvgIpc) is 3.24. The maximum atomic E-state index is 13.1. The van der Waals surface area contributed by atoms with Crippen molar-refractivity contribution in [1.29, 1.82) is 0 Å². The zero-order valence-corrected chi connectivity index (χ0v) is 16.2. The van der Waals surface area contributed by atoms with Crippen LogP contribution in [0.3, 0.4) is 0 Å². The highest BCUT2D eigenvalue weighted by atomic mass is 32.1. The lowest BCUT2D eigenvalue weighted by Gasteiger charge is -2.01. The Morgan fingerprint density at radius 2 is 1.83 bits per heavy atom. The van der Waals surface area contributed by atoms with E-state index in [-0.39, 0.29) is 17.5 Å². The van der Waals surface area contributed by atoms with Crippen molar-refractivity contribution < 1.29 is 14.0 Å². The lowest BCUT2D eigenvalue weighted by molar-refractivity contribution is -0.114. The first-order valence-electron chi connectivity index (χ1n) is 8.58. The molecular formula is C19H15FN6O2S. The minimum absolute atomic E-state index is 0.0231. The normalized spacial score (nSPS) is 10.9. The van der Waals surface area contributed by atoms with E-state index in [1.54, 1.807) is 37.3 Å². The Balaban J connectivity index is 1.55. The second-order valence-electron chi connectivity index (χ2n) is 6.21. The van der Waals surface area contributed by atoms with Crippen LogP contribution < -0.4 is 10.6 Å². The number of benzene rings is 2. The lowest BCUT2D eigenvalue weighted by atomic mass is 10.3. The van der Waals surface area contributed by atoms with Gasteiger partial charge in [0.15, 0.2) is 5.13 Å². The van der Waals surface area contributed by atoms with Gasteiger partial charge in [0.2, 0.25) is 11.7 Å². The molecule has 0 radical (unpaired) electrons. The van der Waals surface area contributed by atoms with Gasteiger partial charge in [-0.05, 0) is 49.4 Å². The topological polar surface area (TPSA) is 102 Å². The fraction of sp³-hybridized carbons (Fsp3) is 0.105. The molecule has 0 saturated heterocycles. The summed E-state index contributed by atoms with van der Waals surface area (Å²) in [7, 11) is 0. The molecule has 0 unspecified atom stereocenters. The molecule has 0 aliphatic heterocycles. The first-order valence-corrected chi connectivity index (χ1v) is 9.40. The van der Waals surface area contributed by atoms with Crippen molar-refractivity contribution in [2.45, 2.75) is 13.8 Å². The summed E-state index contributed by atoms with van der Waals surface area (Å²) < 4.78 is 15.4. The third-order valence-electron chi connectivity index (χ3n) is 3.97. The second kappa shape index (κ2) is 7.40. The van der Waals surface area contributed by atoms with Gasteiger partial charge in [0.1, 0.15) is 11.6 Å². The number of thiazole rings is 1. The number of aryl methyl sites for hydroxylation is 1. The van der Waals surface area contributed by atoms with Gasteiger partial charge in [-0.15, -0.1) is 5.10 Å². The first-order chi connectivity index (χ1) is 13.9. The Hall–Kier alpha value is -3.66. The molecule has 2 aromatic carbocycles. The number of nitrogens with one attached hydrogen (secondary N) is 2. The molecule has 0 spiro atoms. The van der Waals surface area contributed by atoms with E-state index >= 15 is 0 Å². The Morgan fingerprint density at radius 3 is 2.55 bits per heavy atom. The van der Waals surface area contributed by atoms with Crippen LogP contribution in [0.1, 0.15) is 23.4 Å². The predicted octanol–water partition coefficient (Wildman–Crippen LogP) is 3.54. The zero-order chi connectivity index (χ0) is 20.5. The third-order valence-corrected chi connectivity index (χ3v) is 4.91. The van der Waals surface area contributed by atoms with Crippen molar-refractivity contribution in [2.24, 2.45) is 0 Å². The minimum Gasteiger partial charge on any atom is -0.326 e. The van der Waals surface area contributed by atoms with Gasteiger partial charge in [0, 0.05) is 12.6 Å². The Labute approximate surface area is 168 Å². The fourth-order valence-corrected chi connectivity index (χ4v) is 3.63. The predicted molar refractivity (Wildman–Crippen MR) is 108 cm³/mol. The van der Waals surface area contributed by atoms with Crippen LogP contribution in [0.2, 0.25) is 0 Å². The summed E-state index contributed by atoms with van der Waals surface area (Å²) in [5.74, 6) is -0.561. The fourth-order valence-electron chi connectivity index (χ4n) is 2.73. The monoisotopic (exact) mass is 410 g/mol. The van der Waals surface area contributed by atoms with Crippen LogP contribution >= 0.6 is 11.3 Å². The number of rotatable bonds is 4. The molecule has 0 bridgehead atoms. The molecule has 8 nitrogen and oxygen atoms in total. The Kier molecular flexibility index (Phi) is 4.77. The third kappa shape index (κ3) is 3.97. The van der Waals surface area contributed by atoms with Gasteiger partial charge in [0.25, 0.3) is 5.91 Å². The molecule has 0 saturated carbocycles. The van der Waals surface area contributed by atoms with Gasteiger partial charge in [-0.2, -0.15) is 0 Å². The highest BCUT2D eigenvalue weighted by Crippen LogP contribution is 2.28. The van der Waals surface area contributed by atoms with Crippen molar-refractivity contribution in [1.82, 2.24) is 19.7 Å². The zero-order valence-electron chi connectivity index (χ0n) is 15.4. The van der Waals surface area contributed by atoms with Crippen LogP contribution in [0.25, 0.3) is 15.9 Å². The van der Waals surface area contributed by atoms with Crippen LogP contribution in [-0.2, 0) is 4.79 Å². The summed E-state index contributed by atoms with van der Waals surface area (Å²) in [5.41, 5.74) is 1.95. The van der Waals surface area contributed by atoms with E-state index in [0.717, 1.165) is 4.70 Å². The number of carbonyl (C=O) groups excluding carboxylic acids is 2. The quantitative estimate of drug-likeness (QED) is 0.536. The largest absolute Gasteiger partial charge is 0.326 e. The van der Waals surface area contributed by atoms with Crippen LogP contribution in [0.5, 0.6) is 0 Å². The number of fused-ring (bicyclic) bond motifs is 1. The van der Waals surface area contributed by atoms with Gasteiger partial charge >= 0.3 is 0 Å². The van der Waals surface area contributed by atoms with E-state index in [1.165, 1.54) is 35.1 Å². The molecule has 0 aliphatic carbocycles. The van der Waals surface area contributed by atoms with E-state index < -0.39 is 5.91 Å². The van der Waals surface area contributed by atoms with Crippen molar-refractivity contribution in [2.75, 3.05) is 10.6 Å². The van der Waals surface area contributed by atoms with E-state index in [0.29, 0.717) is 27.8 Å². The van der Waals surface area contributed by atoms with Gasteiger partial charge in [0.05, 0.1) is 15.9 Å². The molecule has 2 aromatic heterocycles. The molecule has 4 aromatic rings. The molecule has 29 heavy (non-hydrogen) atoms.